The molecule has 4 nitrogen and oxygen atoms in total. The molecule has 0 aromatic carbocycles. The molecule has 0 bridgehead atoms. The molecule has 2 heterocycles. The first-order valence-electron chi connectivity index (χ1n) is 5.18. The van der Waals surface area contributed by atoms with E-state index in [1.807, 2.05) is 13.8 Å². The summed E-state index contributed by atoms with van der Waals surface area (Å²) >= 11 is 0. The molecule has 1 unspecified atom stereocenters. The van der Waals surface area contributed by atoms with Crippen LogP contribution in [0.5, 0.6) is 0 Å². The smallest absolute Gasteiger partial charge is 0.199 e. The van der Waals surface area contributed by atoms with E-state index in [1.54, 1.807) is 18.4 Å². The van der Waals surface area contributed by atoms with E-state index in [0.717, 1.165) is 11.4 Å². The van der Waals surface area contributed by atoms with Crippen LogP contribution in [0.1, 0.15) is 25.5 Å². The number of dihydropyridines is 1. The van der Waals surface area contributed by atoms with Crippen molar-refractivity contribution in [3.63, 3.8) is 0 Å². The molecule has 1 aromatic heterocycles. The van der Waals surface area contributed by atoms with E-state index in [1.165, 1.54) is 0 Å². The molecule has 0 amide bonds. The molecule has 1 aliphatic heterocycles. The Morgan fingerprint density at radius 3 is 2.76 bits per heavy atom. The molecule has 17 heavy (non-hydrogen) atoms. The maximum atomic E-state index is 9.22. The normalized spacial score (nSPS) is 19.6. The Morgan fingerprint density at radius 1 is 1.47 bits per heavy atom. The summed E-state index contributed by atoms with van der Waals surface area (Å²) in [4.78, 5) is 3.52. The summed E-state index contributed by atoms with van der Waals surface area (Å²) in [7, 11) is 0. The highest BCUT2D eigenvalue weighted by Crippen LogP contribution is 2.38. The van der Waals surface area contributed by atoms with Gasteiger partial charge in [0.05, 0.1) is 30.4 Å². The van der Waals surface area contributed by atoms with Crippen molar-refractivity contribution in [1.82, 2.24) is 5.32 Å². The Labute approximate surface area is 99.7 Å². The summed E-state index contributed by atoms with van der Waals surface area (Å²) in [5.41, 5.74) is 2.61. The van der Waals surface area contributed by atoms with Crippen LogP contribution in [0, 0.1) is 17.9 Å². The average molecular weight is 225 g/mol. The van der Waals surface area contributed by atoms with Crippen molar-refractivity contribution in [2.24, 2.45) is 0 Å². The second-order valence-electron chi connectivity index (χ2n) is 3.85. The fourth-order valence-electron chi connectivity index (χ4n) is 2.01. The molecular formula is C13H11N3O. The minimum absolute atomic E-state index is 0.381. The molecule has 0 saturated carbocycles. The summed E-state index contributed by atoms with van der Waals surface area (Å²) in [6.45, 7) is 10.9. The molecule has 2 rings (SSSR count). The molecule has 84 valence electrons. The van der Waals surface area contributed by atoms with E-state index in [0.29, 0.717) is 17.0 Å². The third kappa shape index (κ3) is 1.70. The zero-order valence-corrected chi connectivity index (χ0v) is 9.61. The molecule has 0 fully saturated rings. The predicted octanol–water partition coefficient (Wildman–Crippen LogP) is 2.91. The zero-order chi connectivity index (χ0) is 12.4. The third-order valence-corrected chi connectivity index (χ3v) is 2.79. The van der Waals surface area contributed by atoms with Crippen LogP contribution < -0.4 is 5.32 Å². The van der Waals surface area contributed by atoms with Gasteiger partial charge in [-0.25, -0.2) is 4.85 Å². The fourth-order valence-corrected chi connectivity index (χ4v) is 2.01. The summed E-state index contributed by atoms with van der Waals surface area (Å²) < 4.78 is 5.34. The second-order valence-corrected chi connectivity index (χ2v) is 3.85. The Hall–Kier alpha value is -2.46. The lowest BCUT2D eigenvalue weighted by Crippen LogP contribution is -2.22. The van der Waals surface area contributed by atoms with Gasteiger partial charge in [0.2, 0.25) is 0 Å². The Morgan fingerprint density at radius 2 is 2.24 bits per heavy atom. The molecule has 1 aromatic rings. The van der Waals surface area contributed by atoms with Crippen LogP contribution in [0.3, 0.4) is 0 Å². The van der Waals surface area contributed by atoms with Crippen LogP contribution in [0.15, 0.2) is 45.5 Å². The van der Waals surface area contributed by atoms with Crippen LogP contribution in [-0.2, 0) is 0 Å². The summed E-state index contributed by atoms with van der Waals surface area (Å²) in [5, 5.41) is 12.3. The maximum absolute atomic E-state index is 9.22. The molecule has 0 aliphatic carbocycles. The van der Waals surface area contributed by atoms with Gasteiger partial charge in [0.1, 0.15) is 5.76 Å². The highest BCUT2D eigenvalue weighted by Gasteiger charge is 2.31. The van der Waals surface area contributed by atoms with Crippen molar-refractivity contribution in [2.75, 3.05) is 0 Å². The molecule has 4 heteroatoms. The van der Waals surface area contributed by atoms with E-state index in [4.69, 9.17) is 11.0 Å². The van der Waals surface area contributed by atoms with Gasteiger partial charge in [0.15, 0.2) is 5.70 Å². The number of hydrogen-bond donors (Lipinski definition) is 1. The standard InChI is InChI=1S/C13H11N3O/c1-8-10(7-14)12(11-5-4-6-17-11)13(15-3)9(2)16-8/h4-6,12,16H,1-2H3. The molecule has 0 spiro atoms. The molecule has 1 N–H and O–H groups in total. The van der Waals surface area contributed by atoms with E-state index in [-0.39, 0.29) is 5.92 Å². The SMILES string of the molecule is [C-]#[N+]C1=C(C)NC(C)=C(C#N)C1c1ccco1. The van der Waals surface area contributed by atoms with Crippen LogP contribution in [0.25, 0.3) is 4.85 Å². The highest BCUT2D eigenvalue weighted by atomic mass is 16.3. The number of nitrogens with zero attached hydrogens (tertiary/aromatic N) is 2. The first-order valence-corrected chi connectivity index (χ1v) is 5.18. The van der Waals surface area contributed by atoms with E-state index in [9.17, 15) is 5.26 Å². The van der Waals surface area contributed by atoms with Gasteiger partial charge in [-0.05, 0) is 26.0 Å². The first kappa shape index (κ1) is 11.0. The number of hydrogen-bond acceptors (Lipinski definition) is 3. The molecule has 0 radical (unpaired) electrons. The first-order chi connectivity index (χ1) is 8.19. The lowest BCUT2D eigenvalue weighted by atomic mass is 9.89. The quantitative estimate of drug-likeness (QED) is 0.747. The predicted molar refractivity (Wildman–Crippen MR) is 62.2 cm³/mol. The maximum Gasteiger partial charge on any atom is 0.199 e. The van der Waals surface area contributed by atoms with Crippen molar-refractivity contribution in [3.05, 3.63) is 58.2 Å². The van der Waals surface area contributed by atoms with E-state index in [2.05, 4.69) is 16.2 Å². The van der Waals surface area contributed by atoms with Crippen molar-refractivity contribution < 1.29 is 4.42 Å². The van der Waals surface area contributed by atoms with Crippen molar-refractivity contribution in [1.29, 1.82) is 5.26 Å². The molecule has 1 atom stereocenters. The Kier molecular flexibility index (Phi) is 2.72. The van der Waals surface area contributed by atoms with Crippen molar-refractivity contribution in [2.45, 2.75) is 19.8 Å². The van der Waals surface area contributed by atoms with Gasteiger partial charge in [0, 0.05) is 11.4 Å². The number of nitriles is 1. The number of nitrogens with one attached hydrogen (secondary N) is 1. The average Bonchev–Trinajstić information content (AvgIpc) is 2.81. The van der Waals surface area contributed by atoms with Gasteiger partial charge in [0.25, 0.3) is 0 Å². The minimum atomic E-state index is -0.381. The van der Waals surface area contributed by atoms with E-state index < -0.39 is 0 Å². The lowest BCUT2D eigenvalue weighted by molar-refractivity contribution is 0.498. The summed E-state index contributed by atoms with van der Waals surface area (Å²) in [6.07, 6.45) is 1.55. The van der Waals surface area contributed by atoms with Crippen LogP contribution in [0.2, 0.25) is 0 Å². The highest BCUT2D eigenvalue weighted by molar-refractivity contribution is 5.50. The lowest BCUT2D eigenvalue weighted by Gasteiger charge is -2.24. The van der Waals surface area contributed by atoms with Gasteiger partial charge in [-0.3, -0.25) is 0 Å². The van der Waals surface area contributed by atoms with Crippen molar-refractivity contribution >= 4 is 0 Å². The minimum Gasteiger partial charge on any atom is -0.470 e. The molecular weight excluding hydrogens is 214 g/mol. The van der Waals surface area contributed by atoms with Gasteiger partial charge in [-0.15, -0.1) is 0 Å². The van der Waals surface area contributed by atoms with Gasteiger partial charge >= 0.3 is 0 Å². The van der Waals surface area contributed by atoms with Gasteiger partial charge in [-0.2, -0.15) is 5.26 Å². The van der Waals surface area contributed by atoms with Gasteiger partial charge in [-0.1, -0.05) is 0 Å². The number of allylic oxidation sites excluding steroid dienone is 3. The van der Waals surface area contributed by atoms with Crippen molar-refractivity contribution in [3.8, 4) is 6.07 Å². The van der Waals surface area contributed by atoms with Crippen LogP contribution in [0.4, 0.5) is 0 Å². The fraction of sp³-hybridized carbons (Fsp3) is 0.231. The monoisotopic (exact) mass is 225 g/mol. The summed E-state index contributed by atoms with van der Waals surface area (Å²) in [6, 6.07) is 5.71. The topological polar surface area (TPSA) is 53.3 Å². The Balaban J connectivity index is 2.61. The largest absolute Gasteiger partial charge is 0.470 e. The number of rotatable bonds is 1. The second kappa shape index (κ2) is 4.19. The number of furan rings is 1. The third-order valence-electron chi connectivity index (χ3n) is 2.79. The van der Waals surface area contributed by atoms with Crippen LogP contribution in [-0.4, -0.2) is 0 Å². The molecule has 0 saturated heterocycles. The van der Waals surface area contributed by atoms with Gasteiger partial charge < -0.3 is 9.73 Å². The zero-order valence-electron chi connectivity index (χ0n) is 9.61. The summed E-state index contributed by atoms with van der Waals surface area (Å²) in [5.74, 6) is 0.251. The Bertz CT molecular complexity index is 543. The molecule has 1 aliphatic rings. The van der Waals surface area contributed by atoms with Crippen LogP contribution >= 0.6 is 0 Å². The van der Waals surface area contributed by atoms with E-state index >= 15 is 0 Å².